The van der Waals surface area contributed by atoms with E-state index >= 15 is 0 Å². The maximum Gasteiger partial charge on any atom is 0.326 e. The highest BCUT2D eigenvalue weighted by molar-refractivity contribution is 5.96. The number of benzene rings is 1. The molecule has 1 amide bonds. The van der Waals surface area contributed by atoms with Crippen molar-refractivity contribution in [1.29, 1.82) is 5.26 Å². The van der Waals surface area contributed by atoms with E-state index in [-0.39, 0.29) is 5.41 Å². The summed E-state index contributed by atoms with van der Waals surface area (Å²) in [5.74, 6) is -1.44. The number of hydrogen-bond acceptors (Lipinski definition) is 3. The molecule has 0 aliphatic heterocycles. The summed E-state index contributed by atoms with van der Waals surface area (Å²) in [6, 6.07) is 8.29. The van der Waals surface area contributed by atoms with Gasteiger partial charge in [-0.15, -0.1) is 0 Å². The number of nitrogens with one attached hydrogen (secondary N) is 1. The van der Waals surface area contributed by atoms with Crippen LogP contribution in [0.1, 0.15) is 62.4 Å². The number of carboxylic acids is 1. The van der Waals surface area contributed by atoms with Crippen molar-refractivity contribution in [2.45, 2.75) is 57.9 Å². The molecule has 0 radical (unpaired) electrons. The Morgan fingerprint density at radius 3 is 2.30 bits per heavy atom. The zero-order valence-electron chi connectivity index (χ0n) is 13.9. The third-order valence-electron chi connectivity index (χ3n) is 3.65. The third-order valence-corrected chi connectivity index (χ3v) is 3.65. The summed E-state index contributed by atoms with van der Waals surface area (Å²) >= 11 is 0. The van der Waals surface area contributed by atoms with E-state index in [9.17, 15) is 14.7 Å². The molecule has 0 fully saturated rings. The van der Waals surface area contributed by atoms with Gasteiger partial charge in [0, 0.05) is 12.0 Å². The van der Waals surface area contributed by atoms with Crippen molar-refractivity contribution in [3.05, 3.63) is 35.4 Å². The van der Waals surface area contributed by atoms with Gasteiger partial charge in [0.2, 0.25) is 0 Å². The number of nitrogens with zero attached hydrogens (tertiary/aromatic N) is 1. The first-order chi connectivity index (χ1) is 10.8. The predicted molar refractivity (Wildman–Crippen MR) is 88.1 cm³/mol. The van der Waals surface area contributed by atoms with Gasteiger partial charge in [-0.05, 0) is 42.4 Å². The van der Waals surface area contributed by atoms with Crippen LogP contribution in [0.25, 0.3) is 0 Å². The van der Waals surface area contributed by atoms with Crippen molar-refractivity contribution in [2.75, 3.05) is 0 Å². The van der Waals surface area contributed by atoms with Crippen LogP contribution in [-0.2, 0) is 10.2 Å². The maximum atomic E-state index is 12.2. The molecule has 1 rings (SSSR count). The molecule has 0 saturated heterocycles. The molecule has 2 N–H and O–H groups in total. The summed E-state index contributed by atoms with van der Waals surface area (Å²) in [7, 11) is 0. The summed E-state index contributed by atoms with van der Waals surface area (Å²) < 4.78 is 0. The fraction of sp³-hybridized carbons (Fsp3) is 0.500. The highest BCUT2D eigenvalue weighted by atomic mass is 16.4. The van der Waals surface area contributed by atoms with E-state index < -0.39 is 17.9 Å². The molecule has 0 unspecified atom stereocenters. The second-order valence-electron chi connectivity index (χ2n) is 6.60. The van der Waals surface area contributed by atoms with Gasteiger partial charge in [-0.25, -0.2) is 4.79 Å². The summed E-state index contributed by atoms with van der Waals surface area (Å²) in [4.78, 5) is 23.4. The summed E-state index contributed by atoms with van der Waals surface area (Å²) in [6.07, 6.45) is 1.95. The molecule has 0 aliphatic carbocycles. The minimum atomic E-state index is -1.05. The van der Waals surface area contributed by atoms with E-state index in [0.29, 0.717) is 31.2 Å². The van der Waals surface area contributed by atoms with Crippen LogP contribution in [0.4, 0.5) is 0 Å². The van der Waals surface area contributed by atoms with Gasteiger partial charge in [0.1, 0.15) is 6.04 Å². The Labute approximate surface area is 137 Å². The minimum absolute atomic E-state index is 0.000647. The van der Waals surface area contributed by atoms with Gasteiger partial charge in [-0.3, -0.25) is 4.79 Å². The SMILES string of the molecule is CC(C)(C)c1ccc(C(=O)N[C@@H](CCCCC#N)C(=O)O)cc1. The van der Waals surface area contributed by atoms with Crippen molar-refractivity contribution in [1.82, 2.24) is 5.32 Å². The van der Waals surface area contributed by atoms with Gasteiger partial charge in [0.25, 0.3) is 5.91 Å². The first kappa shape index (κ1) is 18.7. The number of carboxylic acid groups (broad SMARTS) is 1. The van der Waals surface area contributed by atoms with Gasteiger partial charge in [-0.1, -0.05) is 32.9 Å². The third kappa shape index (κ3) is 6.11. The number of carbonyl (C=O) groups is 2. The smallest absolute Gasteiger partial charge is 0.326 e. The lowest BCUT2D eigenvalue weighted by Gasteiger charge is -2.19. The Kier molecular flexibility index (Phi) is 6.77. The van der Waals surface area contributed by atoms with Crippen LogP contribution in [0, 0.1) is 11.3 Å². The van der Waals surface area contributed by atoms with E-state index in [2.05, 4.69) is 26.1 Å². The van der Waals surface area contributed by atoms with Crippen LogP contribution in [0.3, 0.4) is 0 Å². The van der Waals surface area contributed by atoms with E-state index in [0.717, 1.165) is 5.56 Å². The summed E-state index contributed by atoms with van der Waals surface area (Å²) in [5, 5.41) is 20.2. The van der Waals surface area contributed by atoms with Crippen LogP contribution >= 0.6 is 0 Å². The molecule has 0 bridgehead atoms. The Balaban J connectivity index is 2.68. The van der Waals surface area contributed by atoms with Crippen LogP contribution in [0.5, 0.6) is 0 Å². The normalized spacial score (nSPS) is 12.3. The summed E-state index contributed by atoms with van der Waals surface area (Å²) in [6.45, 7) is 6.26. The molecular formula is C18H24N2O3. The average Bonchev–Trinajstić information content (AvgIpc) is 2.49. The van der Waals surface area contributed by atoms with Gasteiger partial charge in [0.05, 0.1) is 6.07 Å². The van der Waals surface area contributed by atoms with Crippen molar-refractivity contribution >= 4 is 11.9 Å². The number of rotatable bonds is 7. The number of nitriles is 1. The van der Waals surface area contributed by atoms with Crippen molar-refractivity contribution in [2.24, 2.45) is 0 Å². The van der Waals surface area contributed by atoms with Crippen LogP contribution in [0.15, 0.2) is 24.3 Å². The number of unbranched alkanes of at least 4 members (excludes halogenated alkanes) is 2. The number of amides is 1. The van der Waals surface area contributed by atoms with Gasteiger partial charge in [0.15, 0.2) is 0 Å². The molecular weight excluding hydrogens is 292 g/mol. The van der Waals surface area contributed by atoms with Crippen LogP contribution < -0.4 is 5.32 Å². The Morgan fingerprint density at radius 1 is 1.22 bits per heavy atom. The fourth-order valence-corrected chi connectivity index (χ4v) is 2.17. The average molecular weight is 316 g/mol. The lowest BCUT2D eigenvalue weighted by molar-refractivity contribution is -0.139. The Hall–Kier alpha value is -2.35. The standard InChI is InChI=1S/C18H24N2O3/c1-18(2,3)14-10-8-13(9-11-14)16(21)20-15(17(22)23)7-5-4-6-12-19/h8-11,15H,4-7H2,1-3H3,(H,20,21)(H,22,23)/t15-/m0/s1. The molecule has 1 atom stereocenters. The molecule has 0 spiro atoms. The predicted octanol–water partition coefficient (Wildman–Crippen LogP) is 3.25. The molecule has 5 heteroatoms. The molecule has 1 aromatic carbocycles. The zero-order chi connectivity index (χ0) is 17.5. The molecule has 0 heterocycles. The molecule has 124 valence electrons. The topological polar surface area (TPSA) is 90.2 Å². The maximum absolute atomic E-state index is 12.2. The second-order valence-corrected chi connectivity index (χ2v) is 6.60. The van der Waals surface area contributed by atoms with Crippen molar-refractivity contribution in [3.8, 4) is 6.07 Å². The van der Waals surface area contributed by atoms with Gasteiger partial charge in [-0.2, -0.15) is 5.26 Å². The lowest BCUT2D eigenvalue weighted by Crippen LogP contribution is -2.40. The molecule has 0 saturated carbocycles. The quantitative estimate of drug-likeness (QED) is 0.755. The first-order valence-corrected chi connectivity index (χ1v) is 7.77. The highest BCUT2D eigenvalue weighted by Gasteiger charge is 2.20. The molecule has 5 nitrogen and oxygen atoms in total. The van der Waals surface area contributed by atoms with Crippen LogP contribution in [-0.4, -0.2) is 23.0 Å². The van der Waals surface area contributed by atoms with Crippen LogP contribution in [0.2, 0.25) is 0 Å². The lowest BCUT2D eigenvalue weighted by atomic mass is 9.86. The van der Waals surface area contributed by atoms with Crippen molar-refractivity contribution < 1.29 is 14.7 Å². The van der Waals surface area contributed by atoms with Gasteiger partial charge < -0.3 is 10.4 Å². The Bertz CT molecular complexity index is 580. The number of aliphatic carboxylic acids is 1. The molecule has 0 aromatic heterocycles. The van der Waals surface area contributed by atoms with E-state index in [4.69, 9.17) is 5.26 Å². The fourth-order valence-electron chi connectivity index (χ4n) is 2.17. The molecule has 0 aliphatic rings. The second kappa shape index (κ2) is 8.33. The minimum Gasteiger partial charge on any atom is -0.480 e. The van der Waals surface area contributed by atoms with Gasteiger partial charge >= 0.3 is 5.97 Å². The molecule has 1 aromatic rings. The van der Waals surface area contributed by atoms with E-state index in [1.165, 1.54) is 0 Å². The number of carbonyl (C=O) groups excluding carboxylic acids is 1. The Morgan fingerprint density at radius 2 is 1.83 bits per heavy atom. The van der Waals surface area contributed by atoms with E-state index in [1.807, 2.05) is 18.2 Å². The van der Waals surface area contributed by atoms with Crippen molar-refractivity contribution in [3.63, 3.8) is 0 Å². The highest BCUT2D eigenvalue weighted by Crippen LogP contribution is 2.22. The summed E-state index contributed by atoms with van der Waals surface area (Å²) in [5.41, 5.74) is 1.56. The monoisotopic (exact) mass is 316 g/mol. The molecule has 23 heavy (non-hydrogen) atoms. The largest absolute Gasteiger partial charge is 0.480 e. The van der Waals surface area contributed by atoms with E-state index in [1.54, 1.807) is 12.1 Å². The number of hydrogen-bond donors (Lipinski definition) is 2. The first-order valence-electron chi connectivity index (χ1n) is 7.77. The zero-order valence-corrected chi connectivity index (χ0v) is 13.9.